The Morgan fingerprint density at radius 1 is 1.00 bits per heavy atom. The van der Waals surface area contributed by atoms with Crippen molar-refractivity contribution >= 4 is 0 Å². The van der Waals surface area contributed by atoms with Gasteiger partial charge < -0.3 is 10.6 Å². The van der Waals surface area contributed by atoms with Gasteiger partial charge in [0.2, 0.25) is 0 Å². The fourth-order valence-corrected chi connectivity index (χ4v) is 3.82. The molecule has 3 fully saturated rings. The monoisotopic (exact) mass is 267 g/mol. The number of fused-ring (bicyclic) bond motifs is 1. The van der Waals surface area contributed by atoms with Crippen LogP contribution in [0.15, 0.2) is 0 Å². The smallest absolute Gasteiger partial charge is 0.0510 e. The first kappa shape index (κ1) is 13.8. The maximum Gasteiger partial charge on any atom is 0.0510 e. The number of hydrogen-bond donors (Lipinski definition) is 1. The summed E-state index contributed by atoms with van der Waals surface area (Å²) in [4.78, 5) is 10.3. The van der Waals surface area contributed by atoms with Gasteiger partial charge in [0.1, 0.15) is 0 Å². The zero-order valence-corrected chi connectivity index (χ0v) is 12.3. The van der Waals surface area contributed by atoms with Gasteiger partial charge in [-0.1, -0.05) is 0 Å². The topological polar surface area (TPSA) is 39.0 Å². The lowest BCUT2D eigenvalue weighted by molar-refractivity contribution is -0.0733. The number of likely N-dealkylation sites (N-methyl/N-ethyl adjacent to an activating group) is 1. The van der Waals surface area contributed by atoms with Crippen molar-refractivity contribution < 1.29 is 0 Å². The van der Waals surface area contributed by atoms with Crippen LogP contribution in [0, 0.1) is 5.92 Å². The van der Waals surface area contributed by atoms with Gasteiger partial charge in [0.05, 0.1) is 6.67 Å². The third-order valence-corrected chi connectivity index (χ3v) is 5.15. The largest absolute Gasteiger partial charge is 0.329 e. The molecule has 0 bridgehead atoms. The van der Waals surface area contributed by atoms with Gasteiger partial charge in [0, 0.05) is 58.4 Å². The van der Waals surface area contributed by atoms with Gasteiger partial charge in [-0.05, 0) is 25.9 Å². The Balaban J connectivity index is 1.41. The van der Waals surface area contributed by atoms with Crippen molar-refractivity contribution in [1.29, 1.82) is 0 Å². The molecule has 0 amide bonds. The highest BCUT2D eigenvalue weighted by molar-refractivity contribution is 4.96. The minimum atomic E-state index is 0.794. The van der Waals surface area contributed by atoms with Crippen molar-refractivity contribution in [3.8, 4) is 0 Å². The molecule has 5 nitrogen and oxygen atoms in total. The molecule has 2 N–H and O–H groups in total. The lowest BCUT2D eigenvalue weighted by Crippen LogP contribution is -2.66. The van der Waals surface area contributed by atoms with E-state index in [1.807, 2.05) is 0 Å². The summed E-state index contributed by atoms with van der Waals surface area (Å²) in [6.45, 7) is 11.8. The zero-order chi connectivity index (χ0) is 13.2. The predicted octanol–water partition coefficient (Wildman–Crippen LogP) is -0.844. The third kappa shape index (κ3) is 3.11. The first-order valence-corrected chi connectivity index (χ1v) is 7.83. The summed E-state index contributed by atoms with van der Waals surface area (Å²) in [7, 11) is 2.26. The van der Waals surface area contributed by atoms with Crippen LogP contribution >= 0.6 is 0 Å². The molecule has 19 heavy (non-hydrogen) atoms. The van der Waals surface area contributed by atoms with Crippen LogP contribution in [0.25, 0.3) is 0 Å². The number of likely N-dealkylation sites (tertiary alicyclic amines) is 2. The van der Waals surface area contributed by atoms with Crippen molar-refractivity contribution in [1.82, 2.24) is 19.6 Å². The van der Waals surface area contributed by atoms with Crippen LogP contribution in [0.2, 0.25) is 0 Å². The van der Waals surface area contributed by atoms with E-state index in [9.17, 15) is 0 Å². The molecule has 0 radical (unpaired) electrons. The minimum Gasteiger partial charge on any atom is -0.329 e. The van der Waals surface area contributed by atoms with Gasteiger partial charge in [-0.15, -0.1) is 0 Å². The molecule has 3 rings (SSSR count). The maximum absolute atomic E-state index is 5.62. The first-order chi connectivity index (χ1) is 9.26. The predicted molar refractivity (Wildman–Crippen MR) is 78.0 cm³/mol. The molecule has 0 saturated carbocycles. The second-order valence-corrected chi connectivity index (χ2v) is 6.54. The van der Waals surface area contributed by atoms with E-state index in [4.69, 9.17) is 5.73 Å². The van der Waals surface area contributed by atoms with Crippen LogP contribution in [0.1, 0.15) is 6.42 Å². The molecular formula is C14H29N5. The number of piperidine rings is 1. The molecule has 0 aromatic heterocycles. The molecule has 110 valence electrons. The quantitative estimate of drug-likeness (QED) is 0.719. The molecule has 2 atom stereocenters. The van der Waals surface area contributed by atoms with Crippen LogP contribution in [0.4, 0.5) is 0 Å². The van der Waals surface area contributed by atoms with Crippen LogP contribution in [-0.4, -0.2) is 98.3 Å². The van der Waals surface area contributed by atoms with Crippen LogP contribution in [0.5, 0.6) is 0 Å². The number of hydrogen-bond acceptors (Lipinski definition) is 5. The second kappa shape index (κ2) is 6.06. The second-order valence-electron chi connectivity index (χ2n) is 6.54. The minimum absolute atomic E-state index is 0.794. The Morgan fingerprint density at radius 3 is 2.47 bits per heavy atom. The third-order valence-electron chi connectivity index (χ3n) is 5.15. The average Bonchev–Trinajstić information content (AvgIpc) is 2.41. The number of rotatable bonds is 4. The number of piperazine rings is 1. The fourth-order valence-electron chi connectivity index (χ4n) is 3.82. The van der Waals surface area contributed by atoms with Gasteiger partial charge >= 0.3 is 0 Å². The average molecular weight is 267 g/mol. The van der Waals surface area contributed by atoms with E-state index in [2.05, 4.69) is 26.6 Å². The molecule has 2 unspecified atom stereocenters. The van der Waals surface area contributed by atoms with Crippen molar-refractivity contribution in [3.05, 3.63) is 0 Å². The summed E-state index contributed by atoms with van der Waals surface area (Å²) in [5, 5.41) is 0. The highest BCUT2D eigenvalue weighted by atomic mass is 15.4. The van der Waals surface area contributed by atoms with Crippen LogP contribution < -0.4 is 5.73 Å². The van der Waals surface area contributed by atoms with Crippen LogP contribution in [0.3, 0.4) is 0 Å². The molecule has 5 heteroatoms. The maximum atomic E-state index is 5.62. The van der Waals surface area contributed by atoms with Crippen molar-refractivity contribution in [2.45, 2.75) is 12.5 Å². The SMILES string of the molecule is CN1CCC2CN(CN3CCN(CCN)CC3)C2C1. The number of nitrogens with zero attached hydrogens (tertiary/aromatic N) is 4. The van der Waals surface area contributed by atoms with E-state index in [1.165, 1.54) is 58.9 Å². The van der Waals surface area contributed by atoms with Crippen molar-refractivity contribution in [2.75, 3.05) is 72.6 Å². The van der Waals surface area contributed by atoms with Gasteiger partial charge in [0.25, 0.3) is 0 Å². The van der Waals surface area contributed by atoms with E-state index in [1.54, 1.807) is 0 Å². The highest BCUT2D eigenvalue weighted by Gasteiger charge is 2.42. The van der Waals surface area contributed by atoms with E-state index in [0.717, 1.165) is 25.0 Å². The molecular weight excluding hydrogens is 238 g/mol. The molecule has 3 saturated heterocycles. The summed E-state index contributed by atoms with van der Waals surface area (Å²) in [5.74, 6) is 0.981. The highest BCUT2D eigenvalue weighted by Crippen LogP contribution is 2.31. The van der Waals surface area contributed by atoms with Gasteiger partial charge in [-0.25, -0.2) is 0 Å². The Kier molecular flexibility index (Phi) is 4.39. The molecule has 0 aromatic rings. The van der Waals surface area contributed by atoms with Gasteiger partial charge in [-0.2, -0.15) is 0 Å². The summed E-state index contributed by atoms with van der Waals surface area (Å²) >= 11 is 0. The fraction of sp³-hybridized carbons (Fsp3) is 1.00. The molecule has 3 aliphatic rings. The molecule has 3 heterocycles. The van der Waals surface area contributed by atoms with E-state index >= 15 is 0 Å². The van der Waals surface area contributed by atoms with Crippen molar-refractivity contribution in [2.24, 2.45) is 11.7 Å². The molecule has 0 aromatic carbocycles. The zero-order valence-electron chi connectivity index (χ0n) is 12.3. The Hall–Kier alpha value is -0.200. The van der Waals surface area contributed by atoms with Gasteiger partial charge in [-0.3, -0.25) is 14.7 Å². The van der Waals surface area contributed by atoms with Crippen molar-refractivity contribution in [3.63, 3.8) is 0 Å². The lowest BCUT2D eigenvalue weighted by atomic mass is 9.83. The van der Waals surface area contributed by atoms with Crippen LogP contribution in [-0.2, 0) is 0 Å². The van der Waals surface area contributed by atoms with E-state index in [-0.39, 0.29) is 0 Å². The molecule has 3 aliphatic heterocycles. The number of nitrogens with two attached hydrogens (primary N) is 1. The summed E-state index contributed by atoms with van der Waals surface area (Å²) in [5.41, 5.74) is 5.62. The standard InChI is InChI=1S/C14H29N5/c1-16-4-2-13-10-19(14(13)11-16)12-18-8-6-17(5-3-15)7-9-18/h13-14H,2-12,15H2,1H3. The molecule has 0 spiro atoms. The lowest BCUT2D eigenvalue weighted by Gasteiger charge is -2.54. The normalized spacial score (nSPS) is 35.1. The summed E-state index contributed by atoms with van der Waals surface area (Å²) < 4.78 is 0. The van der Waals surface area contributed by atoms with E-state index in [0.29, 0.717) is 0 Å². The van der Waals surface area contributed by atoms with E-state index < -0.39 is 0 Å². The Bertz CT molecular complexity index is 290. The Labute approximate surface area is 117 Å². The summed E-state index contributed by atoms with van der Waals surface area (Å²) in [6, 6.07) is 0.834. The molecule has 0 aliphatic carbocycles. The first-order valence-electron chi connectivity index (χ1n) is 7.83. The summed E-state index contributed by atoms with van der Waals surface area (Å²) in [6.07, 6.45) is 1.40. The van der Waals surface area contributed by atoms with Gasteiger partial charge in [0.15, 0.2) is 0 Å². The Morgan fingerprint density at radius 2 is 1.74 bits per heavy atom.